The molecule has 0 bridgehead atoms. The first-order valence-corrected chi connectivity index (χ1v) is 8.70. The average molecular weight is 310 g/mol. The van der Waals surface area contributed by atoms with Crippen molar-refractivity contribution in [1.29, 1.82) is 0 Å². The zero-order valence-corrected chi connectivity index (χ0v) is 13.5. The van der Waals surface area contributed by atoms with E-state index in [2.05, 4.69) is 10.6 Å². The van der Waals surface area contributed by atoms with E-state index < -0.39 is 9.84 Å². The highest BCUT2D eigenvalue weighted by Gasteiger charge is 2.30. The van der Waals surface area contributed by atoms with Crippen molar-refractivity contribution in [2.75, 3.05) is 12.3 Å². The molecule has 21 heavy (non-hydrogen) atoms. The summed E-state index contributed by atoms with van der Waals surface area (Å²) in [6, 6.07) is 6.89. The van der Waals surface area contributed by atoms with Gasteiger partial charge in [-0.05, 0) is 38.8 Å². The fourth-order valence-electron chi connectivity index (χ4n) is 2.48. The van der Waals surface area contributed by atoms with Gasteiger partial charge in [-0.25, -0.2) is 8.42 Å². The number of amides is 1. The van der Waals surface area contributed by atoms with Crippen LogP contribution in [0.2, 0.25) is 0 Å². The minimum absolute atomic E-state index is 0.0894. The highest BCUT2D eigenvalue weighted by atomic mass is 32.2. The second-order valence-corrected chi connectivity index (χ2v) is 8.45. The van der Waals surface area contributed by atoms with E-state index in [1.54, 1.807) is 12.1 Å². The molecule has 1 aromatic rings. The second kappa shape index (κ2) is 5.77. The lowest BCUT2D eigenvalue weighted by Gasteiger charge is -2.27. The minimum atomic E-state index is -3.18. The molecule has 1 atom stereocenters. The van der Waals surface area contributed by atoms with Crippen LogP contribution in [0.3, 0.4) is 0 Å². The van der Waals surface area contributed by atoms with Crippen LogP contribution in [0.1, 0.15) is 38.8 Å². The van der Waals surface area contributed by atoms with Gasteiger partial charge in [0.2, 0.25) is 5.91 Å². The summed E-state index contributed by atoms with van der Waals surface area (Å²) >= 11 is 0. The van der Waals surface area contributed by atoms with Gasteiger partial charge < -0.3 is 10.6 Å². The molecule has 1 aliphatic rings. The third-order valence-corrected chi connectivity index (χ3v) is 5.14. The maximum absolute atomic E-state index is 12.0. The number of benzene rings is 1. The van der Waals surface area contributed by atoms with Crippen molar-refractivity contribution in [2.24, 2.45) is 0 Å². The van der Waals surface area contributed by atoms with Gasteiger partial charge >= 0.3 is 0 Å². The average Bonchev–Trinajstić information content (AvgIpc) is 2.36. The molecule has 5 nitrogen and oxygen atoms in total. The van der Waals surface area contributed by atoms with Crippen molar-refractivity contribution in [3.8, 4) is 0 Å². The van der Waals surface area contributed by atoms with E-state index >= 15 is 0 Å². The molecule has 0 radical (unpaired) electrons. The Hall–Kier alpha value is -1.40. The predicted octanol–water partition coefficient (Wildman–Crippen LogP) is 1.41. The van der Waals surface area contributed by atoms with Gasteiger partial charge in [0.15, 0.2) is 9.84 Å². The third-order valence-electron chi connectivity index (χ3n) is 3.33. The summed E-state index contributed by atoms with van der Waals surface area (Å²) < 4.78 is 24.1. The summed E-state index contributed by atoms with van der Waals surface area (Å²) in [7, 11) is -3.18. The van der Waals surface area contributed by atoms with Crippen LogP contribution in [0, 0.1) is 0 Å². The predicted molar refractivity (Wildman–Crippen MR) is 81.8 cm³/mol. The summed E-state index contributed by atoms with van der Waals surface area (Å²) in [5, 5.41) is 6.04. The Morgan fingerprint density at radius 3 is 2.62 bits per heavy atom. The van der Waals surface area contributed by atoms with Gasteiger partial charge in [0, 0.05) is 11.6 Å². The zero-order valence-electron chi connectivity index (χ0n) is 12.6. The zero-order chi connectivity index (χ0) is 15.7. The van der Waals surface area contributed by atoms with E-state index in [1.165, 1.54) is 0 Å². The monoisotopic (exact) mass is 310 g/mol. The first kappa shape index (κ1) is 16.0. The van der Waals surface area contributed by atoms with Gasteiger partial charge in [-0.3, -0.25) is 4.79 Å². The number of sulfone groups is 1. The van der Waals surface area contributed by atoms with Crippen molar-refractivity contribution in [3.05, 3.63) is 29.8 Å². The highest BCUT2D eigenvalue weighted by Crippen LogP contribution is 2.31. The fraction of sp³-hybridized carbons (Fsp3) is 0.533. The third kappa shape index (κ3) is 4.04. The van der Waals surface area contributed by atoms with Crippen molar-refractivity contribution >= 4 is 15.7 Å². The van der Waals surface area contributed by atoms with Crippen LogP contribution in [0.15, 0.2) is 29.2 Å². The lowest BCUT2D eigenvalue weighted by Crippen LogP contribution is -2.45. The lowest BCUT2D eigenvalue weighted by atomic mass is 10.0. The second-order valence-electron chi connectivity index (χ2n) is 6.38. The fourth-order valence-corrected chi connectivity index (χ4v) is 4.10. The molecule has 1 unspecified atom stereocenters. The van der Waals surface area contributed by atoms with E-state index in [9.17, 15) is 13.2 Å². The van der Waals surface area contributed by atoms with Crippen LogP contribution in [0.5, 0.6) is 0 Å². The van der Waals surface area contributed by atoms with Crippen LogP contribution < -0.4 is 10.6 Å². The quantitative estimate of drug-likeness (QED) is 0.885. The summed E-state index contributed by atoms with van der Waals surface area (Å²) in [5.74, 6) is 0.0242. The molecule has 0 aliphatic carbocycles. The van der Waals surface area contributed by atoms with E-state index in [0.717, 1.165) is 5.56 Å². The van der Waals surface area contributed by atoms with Crippen LogP contribution in [-0.4, -0.2) is 32.2 Å². The Morgan fingerprint density at radius 2 is 1.95 bits per heavy atom. The van der Waals surface area contributed by atoms with E-state index in [4.69, 9.17) is 0 Å². The van der Waals surface area contributed by atoms with Crippen molar-refractivity contribution in [2.45, 2.75) is 43.7 Å². The Labute approximate surface area is 126 Å². The van der Waals surface area contributed by atoms with Crippen molar-refractivity contribution in [3.63, 3.8) is 0 Å². The van der Waals surface area contributed by atoms with Gasteiger partial charge in [-0.1, -0.05) is 18.2 Å². The molecule has 1 amide bonds. The molecule has 2 rings (SSSR count). The number of carbonyl (C=O) groups excluding carboxylic acids is 1. The van der Waals surface area contributed by atoms with E-state index in [-0.39, 0.29) is 29.8 Å². The molecule has 6 heteroatoms. The number of hydrogen-bond acceptors (Lipinski definition) is 4. The van der Waals surface area contributed by atoms with Crippen molar-refractivity contribution in [1.82, 2.24) is 10.6 Å². The van der Waals surface area contributed by atoms with Gasteiger partial charge in [0.05, 0.1) is 17.2 Å². The normalized spacial score (nSPS) is 20.6. The topological polar surface area (TPSA) is 75.3 Å². The molecule has 1 aliphatic heterocycles. The Morgan fingerprint density at radius 1 is 1.29 bits per heavy atom. The molecule has 116 valence electrons. The number of carbonyl (C=O) groups is 1. The van der Waals surface area contributed by atoms with Crippen molar-refractivity contribution < 1.29 is 13.2 Å². The maximum Gasteiger partial charge on any atom is 0.234 e. The van der Waals surface area contributed by atoms with Gasteiger partial charge in [0.25, 0.3) is 0 Å². The van der Waals surface area contributed by atoms with E-state index in [1.807, 2.05) is 32.9 Å². The number of fused-ring (bicyclic) bond motifs is 1. The first-order chi connectivity index (χ1) is 9.69. The van der Waals surface area contributed by atoms with E-state index in [0.29, 0.717) is 11.3 Å². The van der Waals surface area contributed by atoms with Crippen LogP contribution >= 0.6 is 0 Å². The standard InChI is InChI=1S/C15H22N2O3S/c1-15(2,3)17-14(18)10-16-12-8-9-21(19,20)13-7-5-4-6-11(12)13/h4-7,12,16H,8-10H2,1-3H3,(H,17,18). The maximum atomic E-state index is 12.0. The van der Waals surface area contributed by atoms with Crippen LogP contribution in [0.25, 0.3) is 0 Å². The Bertz CT molecular complexity index is 633. The molecule has 1 heterocycles. The Kier molecular flexibility index (Phi) is 4.39. The van der Waals surface area contributed by atoms with Gasteiger partial charge in [0.1, 0.15) is 0 Å². The summed E-state index contributed by atoms with van der Waals surface area (Å²) in [6.07, 6.45) is 0.488. The molecule has 0 spiro atoms. The summed E-state index contributed by atoms with van der Waals surface area (Å²) in [6.45, 7) is 5.95. The molecule has 0 fully saturated rings. The molecular weight excluding hydrogens is 288 g/mol. The first-order valence-electron chi connectivity index (χ1n) is 7.05. The number of rotatable bonds is 3. The lowest BCUT2D eigenvalue weighted by molar-refractivity contribution is -0.121. The molecule has 0 aromatic heterocycles. The SMILES string of the molecule is CC(C)(C)NC(=O)CNC1CCS(=O)(=O)c2ccccc21. The largest absolute Gasteiger partial charge is 0.350 e. The summed E-state index contributed by atoms with van der Waals surface area (Å²) in [5.41, 5.74) is 0.486. The summed E-state index contributed by atoms with van der Waals surface area (Å²) in [4.78, 5) is 12.2. The van der Waals surface area contributed by atoms with Crippen LogP contribution in [-0.2, 0) is 14.6 Å². The van der Waals surface area contributed by atoms with Crippen LogP contribution in [0.4, 0.5) is 0 Å². The highest BCUT2D eigenvalue weighted by molar-refractivity contribution is 7.91. The van der Waals surface area contributed by atoms with Gasteiger partial charge in [-0.15, -0.1) is 0 Å². The molecule has 1 aromatic carbocycles. The number of nitrogens with one attached hydrogen (secondary N) is 2. The smallest absolute Gasteiger partial charge is 0.234 e. The molecule has 0 saturated heterocycles. The molecule has 2 N–H and O–H groups in total. The Balaban J connectivity index is 2.08. The minimum Gasteiger partial charge on any atom is -0.350 e. The number of hydrogen-bond donors (Lipinski definition) is 2. The van der Waals surface area contributed by atoms with Gasteiger partial charge in [-0.2, -0.15) is 0 Å². The molecular formula is C15H22N2O3S. The molecule has 0 saturated carbocycles.